The van der Waals surface area contributed by atoms with Crippen LogP contribution in [0.3, 0.4) is 0 Å². The number of H-pyrrole nitrogens is 1. The van der Waals surface area contributed by atoms with Gasteiger partial charge in [-0.2, -0.15) is 0 Å². The van der Waals surface area contributed by atoms with Crippen molar-refractivity contribution in [1.29, 1.82) is 0 Å². The molecule has 55 heavy (non-hydrogen) atoms. The molecule has 4 heterocycles. The van der Waals surface area contributed by atoms with Gasteiger partial charge in [-0.05, 0) is 103 Å². The summed E-state index contributed by atoms with van der Waals surface area (Å²) in [5.74, 6) is 1.11. The number of fused-ring (bicyclic) bond motifs is 1. The second-order valence-electron chi connectivity index (χ2n) is 15.8. The number of amides is 1. The number of pyridine rings is 2. The molecule has 4 aromatic rings. The Morgan fingerprint density at radius 3 is 2.40 bits per heavy atom. The molecule has 10 nitrogen and oxygen atoms in total. The quantitative estimate of drug-likeness (QED) is 0.150. The molecule has 1 saturated heterocycles. The SMILES string of the molecule is CSc1cc(C)[nH]c(=O)c1CNC(=O)c1cc(-c2ccc(N3C[C@@H](C)O[C@@H](C)C3)nc2)c2c(c1C)OC(C)(C1CCC(N(C)CCc3ccccc3)CC1)O2. The first kappa shape index (κ1) is 38.9. The third kappa shape index (κ3) is 8.44. The number of benzene rings is 2. The summed E-state index contributed by atoms with van der Waals surface area (Å²) in [6.45, 7) is 12.6. The number of likely N-dealkylation sites (N-methyl/N-ethyl adjacent to an activating group) is 1. The highest BCUT2D eigenvalue weighted by Crippen LogP contribution is 2.53. The number of nitrogens with one attached hydrogen (secondary N) is 2. The maximum absolute atomic E-state index is 14.1. The Morgan fingerprint density at radius 2 is 1.73 bits per heavy atom. The van der Waals surface area contributed by atoms with Gasteiger partial charge >= 0.3 is 0 Å². The van der Waals surface area contributed by atoms with Crippen LogP contribution in [-0.2, 0) is 17.7 Å². The molecule has 2 aromatic heterocycles. The number of aryl methyl sites for hydroxylation is 1. The first-order valence-corrected chi connectivity index (χ1v) is 20.9. The topological polar surface area (TPSA) is 109 Å². The monoisotopic (exact) mass is 765 g/mol. The van der Waals surface area contributed by atoms with Crippen LogP contribution in [0.25, 0.3) is 11.1 Å². The van der Waals surface area contributed by atoms with Crippen LogP contribution in [0.4, 0.5) is 5.82 Å². The highest BCUT2D eigenvalue weighted by molar-refractivity contribution is 7.98. The van der Waals surface area contributed by atoms with Crippen LogP contribution >= 0.6 is 11.8 Å². The fraction of sp³-hybridized carbons (Fsp3) is 0.477. The Kier molecular flexibility index (Phi) is 11.6. The van der Waals surface area contributed by atoms with E-state index in [0.717, 1.165) is 79.3 Å². The van der Waals surface area contributed by atoms with Gasteiger partial charge in [0.15, 0.2) is 11.5 Å². The van der Waals surface area contributed by atoms with E-state index in [9.17, 15) is 9.59 Å². The van der Waals surface area contributed by atoms with Gasteiger partial charge < -0.3 is 34.3 Å². The van der Waals surface area contributed by atoms with Gasteiger partial charge in [0.05, 0.1) is 12.2 Å². The van der Waals surface area contributed by atoms with Crippen LogP contribution in [-0.4, -0.2) is 77.7 Å². The molecule has 1 saturated carbocycles. The van der Waals surface area contributed by atoms with Crippen LogP contribution in [0.2, 0.25) is 0 Å². The van der Waals surface area contributed by atoms with Crippen molar-refractivity contribution in [3.63, 3.8) is 0 Å². The third-order valence-electron chi connectivity index (χ3n) is 11.7. The van der Waals surface area contributed by atoms with E-state index in [-0.39, 0.29) is 36.1 Å². The van der Waals surface area contributed by atoms with E-state index in [2.05, 4.69) is 78.3 Å². The molecule has 2 aliphatic heterocycles. The first-order chi connectivity index (χ1) is 26.4. The molecule has 3 atom stereocenters. The molecule has 3 aliphatic rings. The summed E-state index contributed by atoms with van der Waals surface area (Å²) >= 11 is 1.49. The van der Waals surface area contributed by atoms with Crippen LogP contribution in [0.5, 0.6) is 11.5 Å². The first-order valence-electron chi connectivity index (χ1n) is 19.6. The Bertz CT molecular complexity index is 2040. The number of nitrogens with zero attached hydrogens (tertiary/aromatic N) is 3. The van der Waals surface area contributed by atoms with Crippen LogP contribution in [0.15, 0.2) is 70.5 Å². The third-order valence-corrected chi connectivity index (χ3v) is 12.5. The zero-order chi connectivity index (χ0) is 38.9. The number of rotatable bonds is 11. The predicted octanol–water partition coefficient (Wildman–Crippen LogP) is 7.54. The molecule has 0 radical (unpaired) electrons. The zero-order valence-electron chi connectivity index (χ0n) is 33.2. The summed E-state index contributed by atoms with van der Waals surface area (Å²) in [6, 6.07) is 19.1. The minimum absolute atomic E-state index is 0.0984. The van der Waals surface area contributed by atoms with Gasteiger partial charge in [-0.3, -0.25) is 9.59 Å². The van der Waals surface area contributed by atoms with Gasteiger partial charge in [-0.25, -0.2) is 4.98 Å². The van der Waals surface area contributed by atoms with Crippen molar-refractivity contribution in [1.82, 2.24) is 20.2 Å². The van der Waals surface area contributed by atoms with Crippen LogP contribution < -0.4 is 25.2 Å². The molecule has 1 unspecified atom stereocenters. The molecular formula is C44H55N5O5S. The number of carbonyl (C=O) groups excluding carboxylic acids is 1. The minimum Gasteiger partial charge on any atom is -0.448 e. The van der Waals surface area contributed by atoms with Gasteiger partial charge in [0.1, 0.15) is 5.82 Å². The maximum Gasteiger partial charge on any atom is 0.254 e. The Labute approximate surface area is 329 Å². The fourth-order valence-corrected chi connectivity index (χ4v) is 9.28. The Morgan fingerprint density at radius 1 is 1.02 bits per heavy atom. The lowest BCUT2D eigenvalue weighted by Gasteiger charge is -2.40. The molecule has 7 rings (SSSR count). The molecule has 0 spiro atoms. The largest absolute Gasteiger partial charge is 0.448 e. The second kappa shape index (κ2) is 16.4. The summed E-state index contributed by atoms with van der Waals surface area (Å²) in [5.41, 5.74) is 5.25. The van der Waals surface area contributed by atoms with Crippen molar-refractivity contribution in [2.24, 2.45) is 5.92 Å². The number of aromatic nitrogens is 2. The molecule has 2 fully saturated rings. The standard InChI is InChI=1S/C44H55N5O5S/c1-27-21-38(55-7)37(43(51)47-27)24-46-42(50)35-22-36(32-13-18-39(45-23-32)49-25-28(2)52-29(3)26-49)41-40(30(35)4)53-44(5,54-41)33-14-16-34(17-15-33)48(6)20-19-31-11-9-8-10-12-31/h8-13,18,21-23,28-29,33-34H,14-17,19-20,24-26H2,1-7H3,(H,46,50)(H,47,51)/t28-,29+,33?,34?,44?. The van der Waals surface area contributed by atoms with Gasteiger partial charge in [-0.1, -0.05) is 30.3 Å². The van der Waals surface area contributed by atoms with Gasteiger partial charge in [0, 0.05) is 89.7 Å². The lowest BCUT2D eigenvalue weighted by molar-refractivity contribution is -0.123. The van der Waals surface area contributed by atoms with Gasteiger partial charge in [0.25, 0.3) is 17.3 Å². The lowest BCUT2D eigenvalue weighted by atomic mass is 9.80. The summed E-state index contributed by atoms with van der Waals surface area (Å²) in [6.07, 6.45) is 9.13. The normalized spacial score (nSPS) is 23.6. The molecule has 11 heteroatoms. The number of hydrogen-bond donors (Lipinski definition) is 2. The maximum atomic E-state index is 14.1. The summed E-state index contributed by atoms with van der Waals surface area (Å²) < 4.78 is 19.8. The lowest BCUT2D eigenvalue weighted by Crippen LogP contribution is -2.47. The van der Waals surface area contributed by atoms with Crippen molar-refractivity contribution in [2.45, 2.75) is 102 Å². The number of aromatic amines is 1. The summed E-state index contributed by atoms with van der Waals surface area (Å²) in [4.78, 5) is 40.3. The van der Waals surface area contributed by atoms with E-state index in [1.54, 1.807) is 0 Å². The van der Waals surface area contributed by atoms with E-state index in [1.165, 1.54) is 17.3 Å². The van der Waals surface area contributed by atoms with Crippen molar-refractivity contribution in [2.75, 3.05) is 37.8 Å². The van der Waals surface area contributed by atoms with Crippen molar-refractivity contribution < 1.29 is 19.0 Å². The Hall–Kier alpha value is -4.32. The van der Waals surface area contributed by atoms with E-state index < -0.39 is 5.79 Å². The second-order valence-corrected chi connectivity index (χ2v) is 16.6. The predicted molar refractivity (Wildman–Crippen MR) is 220 cm³/mol. The molecule has 2 aromatic carbocycles. The zero-order valence-corrected chi connectivity index (χ0v) is 34.1. The minimum atomic E-state index is -0.888. The molecule has 1 aliphatic carbocycles. The van der Waals surface area contributed by atoms with Crippen molar-refractivity contribution in [3.8, 4) is 22.6 Å². The average molecular weight is 766 g/mol. The number of morpholine rings is 1. The fourth-order valence-electron chi connectivity index (χ4n) is 8.57. The van der Waals surface area contributed by atoms with E-state index in [0.29, 0.717) is 34.2 Å². The van der Waals surface area contributed by atoms with Crippen LogP contribution in [0.1, 0.15) is 79.2 Å². The number of hydrogen-bond acceptors (Lipinski definition) is 9. The average Bonchev–Trinajstić information content (AvgIpc) is 3.55. The smallest absolute Gasteiger partial charge is 0.254 e. The molecule has 292 valence electrons. The van der Waals surface area contributed by atoms with E-state index in [4.69, 9.17) is 19.2 Å². The number of thioether (sulfide) groups is 1. The highest BCUT2D eigenvalue weighted by Gasteiger charge is 2.48. The summed E-state index contributed by atoms with van der Waals surface area (Å²) in [5, 5.41) is 3.03. The summed E-state index contributed by atoms with van der Waals surface area (Å²) in [7, 11) is 2.24. The molecular weight excluding hydrogens is 711 g/mol. The highest BCUT2D eigenvalue weighted by atomic mass is 32.2. The van der Waals surface area contributed by atoms with Gasteiger partial charge in [-0.15, -0.1) is 11.8 Å². The number of anilines is 1. The number of ether oxygens (including phenoxy) is 3. The van der Waals surface area contributed by atoms with Crippen LogP contribution in [0, 0.1) is 19.8 Å². The Balaban J connectivity index is 1.14. The molecule has 0 bridgehead atoms. The molecule has 1 amide bonds. The van der Waals surface area contributed by atoms with Crippen molar-refractivity contribution in [3.05, 3.63) is 99.1 Å². The molecule has 2 N–H and O–H groups in total. The number of carbonyl (C=O) groups is 1. The van der Waals surface area contributed by atoms with Crippen molar-refractivity contribution >= 4 is 23.5 Å². The van der Waals surface area contributed by atoms with E-state index >= 15 is 0 Å². The van der Waals surface area contributed by atoms with Gasteiger partial charge in [0.2, 0.25) is 0 Å². The van der Waals surface area contributed by atoms with E-state index in [1.807, 2.05) is 50.6 Å².